The van der Waals surface area contributed by atoms with E-state index in [1.54, 1.807) is 6.07 Å². The summed E-state index contributed by atoms with van der Waals surface area (Å²) in [6.45, 7) is 0. The van der Waals surface area contributed by atoms with E-state index >= 15 is 0 Å². The first-order valence-corrected chi connectivity index (χ1v) is 5.79. The fourth-order valence-electron chi connectivity index (χ4n) is 1.78. The van der Waals surface area contributed by atoms with Crippen molar-refractivity contribution in [1.82, 2.24) is 0 Å². The topological polar surface area (TPSA) is 63.6 Å². The molecule has 0 amide bonds. The van der Waals surface area contributed by atoms with Gasteiger partial charge in [0.2, 0.25) is 0 Å². The van der Waals surface area contributed by atoms with E-state index in [1.807, 2.05) is 6.07 Å². The third-order valence-corrected chi connectivity index (χ3v) is 4.17. The van der Waals surface area contributed by atoms with Crippen LogP contribution in [0.3, 0.4) is 0 Å². The Labute approximate surface area is 96.9 Å². The van der Waals surface area contributed by atoms with Gasteiger partial charge >= 0.3 is 11.9 Å². The van der Waals surface area contributed by atoms with Gasteiger partial charge in [0.25, 0.3) is 0 Å². The number of ether oxygens (including phenoxy) is 1. The summed E-state index contributed by atoms with van der Waals surface area (Å²) in [7, 11) is 1.34. The van der Waals surface area contributed by atoms with Crippen LogP contribution in [0.1, 0.15) is 33.8 Å². The second kappa shape index (κ2) is 3.90. The van der Waals surface area contributed by atoms with Gasteiger partial charge in [-0.1, -0.05) is 0 Å². The molecule has 0 aromatic carbocycles. The van der Waals surface area contributed by atoms with E-state index in [1.165, 1.54) is 18.4 Å². The molecule has 1 aromatic rings. The summed E-state index contributed by atoms with van der Waals surface area (Å²) in [5, 5.41) is 8.83. The molecule has 1 aliphatic rings. The molecular weight excluding hydrogens is 228 g/mol. The van der Waals surface area contributed by atoms with E-state index in [9.17, 15) is 9.59 Å². The van der Waals surface area contributed by atoms with E-state index in [-0.39, 0.29) is 17.8 Å². The first-order chi connectivity index (χ1) is 7.57. The summed E-state index contributed by atoms with van der Waals surface area (Å²) in [5.41, 5.74) is -0.219. The Morgan fingerprint density at radius 3 is 2.69 bits per heavy atom. The van der Waals surface area contributed by atoms with Crippen LogP contribution in [0.15, 0.2) is 12.1 Å². The van der Waals surface area contributed by atoms with Crippen molar-refractivity contribution in [3.63, 3.8) is 0 Å². The maximum absolute atomic E-state index is 11.3. The van der Waals surface area contributed by atoms with E-state index in [0.29, 0.717) is 4.88 Å². The molecule has 0 aliphatic heterocycles. The molecule has 86 valence electrons. The van der Waals surface area contributed by atoms with Crippen LogP contribution in [0.5, 0.6) is 0 Å². The monoisotopic (exact) mass is 240 g/mol. The van der Waals surface area contributed by atoms with Crippen molar-refractivity contribution in [3.8, 4) is 0 Å². The van der Waals surface area contributed by atoms with Gasteiger partial charge in [-0.25, -0.2) is 4.79 Å². The molecule has 2 rings (SSSR count). The lowest BCUT2D eigenvalue weighted by atomic mass is 10.0. The van der Waals surface area contributed by atoms with Crippen LogP contribution < -0.4 is 0 Å². The van der Waals surface area contributed by atoms with E-state index in [2.05, 4.69) is 4.74 Å². The van der Waals surface area contributed by atoms with Gasteiger partial charge < -0.3 is 9.84 Å². The third kappa shape index (κ3) is 1.95. The predicted octanol–water partition coefficient (Wildman–Crippen LogP) is 2.04. The van der Waals surface area contributed by atoms with Gasteiger partial charge in [-0.05, 0) is 25.0 Å². The number of thiophene rings is 1. The van der Waals surface area contributed by atoms with Gasteiger partial charge in [0.15, 0.2) is 0 Å². The van der Waals surface area contributed by atoms with Crippen LogP contribution in [-0.2, 0) is 14.9 Å². The highest BCUT2D eigenvalue weighted by atomic mass is 32.1. The lowest BCUT2D eigenvalue weighted by molar-refractivity contribution is -0.137. The van der Waals surface area contributed by atoms with Crippen molar-refractivity contribution in [2.75, 3.05) is 7.11 Å². The molecule has 1 fully saturated rings. The standard InChI is InChI=1S/C11H12O4S/c1-15-10(14)7-2-3-8(16-7)11(4-5-11)6-9(12)13/h2-3H,4-6H2,1H3,(H,12,13). The molecule has 4 nitrogen and oxygen atoms in total. The highest BCUT2D eigenvalue weighted by molar-refractivity contribution is 7.14. The van der Waals surface area contributed by atoms with Crippen molar-refractivity contribution < 1.29 is 19.4 Å². The van der Waals surface area contributed by atoms with Gasteiger partial charge in [0, 0.05) is 10.3 Å². The number of methoxy groups -OCH3 is 1. The second-order valence-corrected chi connectivity index (χ2v) is 5.09. The largest absolute Gasteiger partial charge is 0.481 e. The fourth-order valence-corrected chi connectivity index (χ4v) is 2.95. The smallest absolute Gasteiger partial charge is 0.348 e. The van der Waals surface area contributed by atoms with Crippen LogP contribution in [0, 0.1) is 0 Å². The maximum Gasteiger partial charge on any atom is 0.348 e. The molecule has 0 bridgehead atoms. The summed E-state index contributed by atoms with van der Waals surface area (Å²) in [5.74, 6) is -1.15. The van der Waals surface area contributed by atoms with Crippen LogP contribution >= 0.6 is 11.3 Å². The Hall–Kier alpha value is -1.36. The van der Waals surface area contributed by atoms with E-state index in [4.69, 9.17) is 5.11 Å². The molecule has 1 aliphatic carbocycles. The van der Waals surface area contributed by atoms with Crippen LogP contribution in [0.2, 0.25) is 0 Å². The Morgan fingerprint density at radius 2 is 2.19 bits per heavy atom. The van der Waals surface area contributed by atoms with Crippen molar-refractivity contribution >= 4 is 23.3 Å². The molecule has 5 heteroatoms. The van der Waals surface area contributed by atoms with Gasteiger partial charge in [-0.2, -0.15) is 0 Å². The maximum atomic E-state index is 11.3. The number of carbonyl (C=O) groups excluding carboxylic acids is 1. The predicted molar refractivity (Wildman–Crippen MR) is 58.8 cm³/mol. The Morgan fingerprint density at radius 1 is 1.50 bits per heavy atom. The summed E-state index contributed by atoms with van der Waals surface area (Å²) >= 11 is 1.34. The van der Waals surface area contributed by atoms with Crippen LogP contribution in [0.25, 0.3) is 0 Å². The molecule has 0 atom stereocenters. The molecule has 1 saturated carbocycles. The molecule has 0 saturated heterocycles. The molecule has 1 heterocycles. The first kappa shape index (κ1) is 11.1. The van der Waals surface area contributed by atoms with Crippen molar-refractivity contribution in [2.24, 2.45) is 0 Å². The zero-order chi connectivity index (χ0) is 11.8. The van der Waals surface area contributed by atoms with Gasteiger partial charge in [-0.3, -0.25) is 4.79 Å². The number of hydrogen-bond donors (Lipinski definition) is 1. The van der Waals surface area contributed by atoms with Gasteiger partial charge in [-0.15, -0.1) is 11.3 Å². The molecule has 16 heavy (non-hydrogen) atoms. The van der Waals surface area contributed by atoms with Gasteiger partial charge in [0.1, 0.15) is 4.88 Å². The van der Waals surface area contributed by atoms with E-state index < -0.39 is 5.97 Å². The average molecular weight is 240 g/mol. The summed E-state index contributed by atoms with van der Waals surface area (Å²) in [6.07, 6.45) is 1.93. The highest BCUT2D eigenvalue weighted by Gasteiger charge is 2.47. The average Bonchev–Trinajstić information content (AvgIpc) is 2.82. The van der Waals surface area contributed by atoms with Crippen molar-refractivity contribution in [3.05, 3.63) is 21.9 Å². The quantitative estimate of drug-likeness (QED) is 0.818. The minimum absolute atomic E-state index is 0.147. The Kier molecular flexibility index (Phi) is 2.71. The van der Waals surface area contributed by atoms with Crippen molar-refractivity contribution in [2.45, 2.75) is 24.7 Å². The summed E-state index contributed by atoms with van der Waals surface area (Å²) in [4.78, 5) is 23.5. The minimum Gasteiger partial charge on any atom is -0.481 e. The van der Waals surface area contributed by atoms with E-state index in [0.717, 1.165) is 17.7 Å². The number of esters is 1. The molecule has 1 aromatic heterocycles. The molecule has 1 N–H and O–H groups in total. The zero-order valence-corrected chi connectivity index (χ0v) is 9.67. The Bertz CT molecular complexity index is 431. The number of carbonyl (C=O) groups is 2. The molecule has 0 radical (unpaired) electrons. The molecular formula is C11H12O4S. The van der Waals surface area contributed by atoms with Crippen LogP contribution in [-0.4, -0.2) is 24.2 Å². The number of carboxylic acid groups (broad SMARTS) is 1. The number of hydrogen-bond acceptors (Lipinski definition) is 4. The van der Waals surface area contributed by atoms with Crippen LogP contribution in [0.4, 0.5) is 0 Å². The molecule has 0 unspecified atom stereocenters. The summed E-state index contributed by atoms with van der Waals surface area (Å²) < 4.78 is 4.62. The number of rotatable bonds is 4. The van der Waals surface area contributed by atoms with Gasteiger partial charge in [0.05, 0.1) is 13.5 Å². The minimum atomic E-state index is -0.787. The number of carboxylic acids is 1. The molecule has 0 spiro atoms. The first-order valence-electron chi connectivity index (χ1n) is 4.98. The second-order valence-electron chi connectivity index (χ2n) is 4.01. The highest BCUT2D eigenvalue weighted by Crippen LogP contribution is 2.53. The normalized spacial score (nSPS) is 16.8. The zero-order valence-electron chi connectivity index (χ0n) is 8.86. The SMILES string of the molecule is COC(=O)c1ccc(C2(CC(=O)O)CC2)s1. The van der Waals surface area contributed by atoms with Crippen molar-refractivity contribution in [1.29, 1.82) is 0 Å². The number of aliphatic carboxylic acids is 1. The fraction of sp³-hybridized carbons (Fsp3) is 0.455. The summed E-state index contributed by atoms with van der Waals surface area (Å²) in [6, 6.07) is 3.54. The lowest BCUT2D eigenvalue weighted by Crippen LogP contribution is -2.11. The lowest BCUT2D eigenvalue weighted by Gasteiger charge is -2.08. The Balaban J connectivity index is 2.19. The third-order valence-electron chi connectivity index (χ3n) is 2.86.